The fourth-order valence-electron chi connectivity index (χ4n) is 3.15. The van der Waals surface area contributed by atoms with Crippen molar-refractivity contribution in [1.29, 1.82) is 0 Å². The van der Waals surface area contributed by atoms with E-state index in [0.29, 0.717) is 44.2 Å². The lowest BCUT2D eigenvalue weighted by molar-refractivity contribution is -0.143. The minimum Gasteiger partial charge on any atom is -0.372 e. The Labute approximate surface area is 155 Å². The van der Waals surface area contributed by atoms with Crippen LogP contribution in [0.5, 0.6) is 0 Å². The third kappa shape index (κ3) is 5.76. The highest BCUT2D eigenvalue weighted by atomic mass is 16.5. The third-order valence-electron chi connectivity index (χ3n) is 4.24. The Morgan fingerprint density at radius 2 is 1.88 bits per heavy atom. The molecule has 7 nitrogen and oxygen atoms in total. The highest BCUT2D eigenvalue weighted by molar-refractivity contribution is 5.92. The maximum atomic E-state index is 12.8. The normalized spacial score (nSPS) is 20.3. The molecule has 2 atom stereocenters. The van der Waals surface area contributed by atoms with Crippen molar-refractivity contribution in [1.82, 2.24) is 19.8 Å². The van der Waals surface area contributed by atoms with Gasteiger partial charge in [-0.25, -0.2) is 4.98 Å². The van der Waals surface area contributed by atoms with E-state index >= 15 is 0 Å². The van der Waals surface area contributed by atoms with Gasteiger partial charge in [0.1, 0.15) is 5.69 Å². The van der Waals surface area contributed by atoms with E-state index < -0.39 is 0 Å². The predicted octanol–water partition coefficient (Wildman–Crippen LogP) is 1.91. The zero-order chi connectivity index (χ0) is 19.3. The fourth-order valence-corrected chi connectivity index (χ4v) is 3.15. The van der Waals surface area contributed by atoms with Crippen LogP contribution in [-0.2, 0) is 9.53 Å². The SMILES string of the molecule is Cc1cnc(C(=O)N(CCC(=O)N2CC(C)OC(C)C2)CC(C)C)cn1. The molecule has 1 aliphatic heterocycles. The molecular weight excluding hydrogens is 332 g/mol. The molecule has 0 aliphatic carbocycles. The van der Waals surface area contributed by atoms with Gasteiger partial charge in [-0.1, -0.05) is 13.8 Å². The Balaban J connectivity index is 1.99. The number of morpholine rings is 1. The van der Waals surface area contributed by atoms with Crippen LogP contribution >= 0.6 is 0 Å². The van der Waals surface area contributed by atoms with E-state index in [9.17, 15) is 9.59 Å². The Hall–Kier alpha value is -2.02. The molecule has 0 N–H and O–H groups in total. The molecule has 0 spiro atoms. The van der Waals surface area contributed by atoms with Crippen LogP contribution in [0.25, 0.3) is 0 Å². The molecule has 26 heavy (non-hydrogen) atoms. The Morgan fingerprint density at radius 1 is 1.23 bits per heavy atom. The number of amides is 2. The van der Waals surface area contributed by atoms with Crippen LogP contribution in [0.1, 0.15) is 50.3 Å². The highest BCUT2D eigenvalue weighted by Gasteiger charge is 2.27. The number of aromatic nitrogens is 2. The average molecular weight is 362 g/mol. The molecule has 2 unspecified atom stereocenters. The Kier molecular flexibility index (Phi) is 7.08. The van der Waals surface area contributed by atoms with E-state index in [2.05, 4.69) is 9.97 Å². The van der Waals surface area contributed by atoms with E-state index in [-0.39, 0.29) is 24.0 Å². The van der Waals surface area contributed by atoms with Crippen molar-refractivity contribution in [2.45, 2.75) is 53.2 Å². The van der Waals surface area contributed by atoms with Crippen molar-refractivity contribution in [3.8, 4) is 0 Å². The second-order valence-electron chi connectivity index (χ2n) is 7.49. The highest BCUT2D eigenvalue weighted by Crippen LogP contribution is 2.13. The molecule has 0 radical (unpaired) electrons. The lowest BCUT2D eigenvalue weighted by atomic mass is 10.1. The summed E-state index contributed by atoms with van der Waals surface area (Å²) in [4.78, 5) is 37.2. The molecule has 1 aromatic rings. The average Bonchev–Trinajstić information content (AvgIpc) is 2.57. The Morgan fingerprint density at radius 3 is 2.42 bits per heavy atom. The molecule has 1 fully saturated rings. The van der Waals surface area contributed by atoms with Gasteiger partial charge in [0.25, 0.3) is 5.91 Å². The van der Waals surface area contributed by atoms with Crippen LogP contribution in [0.4, 0.5) is 0 Å². The van der Waals surface area contributed by atoms with Gasteiger partial charge in [0.15, 0.2) is 0 Å². The van der Waals surface area contributed by atoms with Crippen LogP contribution in [-0.4, -0.2) is 70.0 Å². The number of rotatable bonds is 6. The molecule has 0 saturated carbocycles. The van der Waals surface area contributed by atoms with Crippen molar-refractivity contribution in [3.05, 3.63) is 23.8 Å². The number of nitrogens with zero attached hydrogens (tertiary/aromatic N) is 4. The maximum Gasteiger partial charge on any atom is 0.274 e. The first kappa shape index (κ1) is 20.3. The summed E-state index contributed by atoms with van der Waals surface area (Å²) in [6.07, 6.45) is 3.47. The summed E-state index contributed by atoms with van der Waals surface area (Å²) in [6, 6.07) is 0. The smallest absolute Gasteiger partial charge is 0.274 e. The minimum absolute atomic E-state index is 0.0407. The molecule has 2 rings (SSSR count). The summed E-state index contributed by atoms with van der Waals surface area (Å²) < 4.78 is 5.68. The predicted molar refractivity (Wildman–Crippen MR) is 98.7 cm³/mol. The number of carbonyl (C=O) groups is 2. The molecule has 1 aromatic heterocycles. The number of hydrogen-bond donors (Lipinski definition) is 0. The molecule has 7 heteroatoms. The summed E-state index contributed by atoms with van der Waals surface area (Å²) in [7, 11) is 0. The number of hydrogen-bond acceptors (Lipinski definition) is 5. The van der Waals surface area contributed by atoms with Gasteiger partial charge in [0.05, 0.1) is 24.1 Å². The molecule has 144 valence electrons. The van der Waals surface area contributed by atoms with Gasteiger partial charge in [-0.2, -0.15) is 0 Å². The van der Waals surface area contributed by atoms with Gasteiger partial charge in [0.2, 0.25) is 5.91 Å². The number of aryl methyl sites for hydroxylation is 1. The number of ether oxygens (including phenoxy) is 1. The van der Waals surface area contributed by atoms with Gasteiger partial charge >= 0.3 is 0 Å². The van der Waals surface area contributed by atoms with E-state index in [0.717, 1.165) is 5.69 Å². The van der Waals surface area contributed by atoms with Gasteiger partial charge in [-0.3, -0.25) is 14.6 Å². The van der Waals surface area contributed by atoms with Gasteiger partial charge < -0.3 is 14.5 Å². The van der Waals surface area contributed by atoms with Gasteiger partial charge in [0, 0.05) is 38.8 Å². The van der Waals surface area contributed by atoms with Crippen molar-refractivity contribution < 1.29 is 14.3 Å². The topological polar surface area (TPSA) is 75.6 Å². The van der Waals surface area contributed by atoms with Crippen LogP contribution in [0.2, 0.25) is 0 Å². The largest absolute Gasteiger partial charge is 0.372 e. The summed E-state index contributed by atoms with van der Waals surface area (Å²) in [6.45, 7) is 12.0. The first-order chi connectivity index (χ1) is 12.3. The van der Waals surface area contributed by atoms with E-state index in [1.54, 1.807) is 11.1 Å². The molecule has 2 heterocycles. The summed E-state index contributed by atoms with van der Waals surface area (Å²) in [5.41, 5.74) is 1.08. The molecule has 0 aromatic carbocycles. The van der Waals surface area contributed by atoms with Crippen LogP contribution in [0, 0.1) is 12.8 Å². The quantitative estimate of drug-likeness (QED) is 0.773. The summed E-state index contributed by atoms with van der Waals surface area (Å²) in [5.74, 6) is 0.183. The lowest BCUT2D eigenvalue weighted by Crippen LogP contribution is -2.49. The van der Waals surface area contributed by atoms with E-state index in [1.807, 2.05) is 39.5 Å². The van der Waals surface area contributed by atoms with Crippen molar-refractivity contribution in [3.63, 3.8) is 0 Å². The fraction of sp³-hybridized carbons (Fsp3) is 0.684. The maximum absolute atomic E-state index is 12.8. The molecule has 0 bridgehead atoms. The van der Waals surface area contributed by atoms with Gasteiger partial charge in [-0.05, 0) is 26.7 Å². The van der Waals surface area contributed by atoms with E-state index in [1.165, 1.54) is 6.20 Å². The van der Waals surface area contributed by atoms with Crippen LogP contribution in [0.15, 0.2) is 12.4 Å². The molecule has 1 saturated heterocycles. The first-order valence-corrected chi connectivity index (χ1v) is 9.27. The minimum atomic E-state index is -0.178. The van der Waals surface area contributed by atoms with Crippen molar-refractivity contribution in [2.24, 2.45) is 5.92 Å². The van der Waals surface area contributed by atoms with Crippen molar-refractivity contribution >= 4 is 11.8 Å². The number of carbonyl (C=O) groups excluding carboxylic acids is 2. The molecular formula is C19H30N4O3. The second kappa shape index (κ2) is 9.07. The summed E-state index contributed by atoms with van der Waals surface area (Å²) >= 11 is 0. The lowest BCUT2D eigenvalue weighted by Gasteiger charge is -2.35. The molecule has 1 aliphatic rings. The zero-order valence-electron chi connectivity index (χ0n) is 16.4. The van der Waals surface area contributed by atoms with E-state index in [4.69, 9.17) is 4.74 Å². The second-order valence-corrected chi connectivity index (χ2v) is 7.49. The standard InChI is InChI=1S/C19H30N4O3/c1-13(2)10-22(19(25)17-9-20-14(3)8-21-17)7-6-18(24)23-11-15(4)26-16(5)12-23/h8-9,13,15-16H,6-7,10-12H2,1-5H3. The Bertz CT molecular complexity index is 608. The van der Waals surface area contributed by atoms with Crippen molar-refractivity contribution in [2.75, 3.05) is 26.2 Å². The third-order valence-corrected chi connectivity index (χ3v) is 4.24. The van der Waals surface area contributed by atoms with Gasteiger partial charge in [-0.15, -0.1) is 0 Å². The monoisotopic (exact) mass is 362 g/mol. The van der Waals surface area contributed by atoms with Crippen LogP contribution < -0.4 is 0 Å². The first-order valence-electron chi connectivity index (χ1n) is 9.27. The molecule has 2 amide bonds. The zero-order valence-corrected chi connectivity index (χ0v) is 16.4. The summed E-state index contributed by atoms with van der Waals surface area (Å²) in [5, 5.41) is 0. The van der Waals surface area contributed by atoms with Crippen LogP contribution in [0.3, 0.4) is 0 Å².